The second-order valence-corrected chi connectivity index (χ2v) is 11.0. The number of unbranched alkanes of at least 4 members (excludes halogenated alkanes) is 17. The summed E-state index contributed by atoms with van der Waals surface area (Å²) in [6, 6.07) is 0. The fraction of sp³-hybridized carbons (Fsp3) is 0.967. The molecular weight excluding hydrogens is 418 g/mol. The maximum absolute atomic E-state index is 12.9. The lowest BCUT2D eigenvalue weighted by molar-refractivity contribution is -0.134. The number of hydrogen-bond acceptors (Lipinski definition) is 3. The molecule has 0 spiro atoms. The van der Waals surface area contributed by atoms with Crippen LogP contribution in [0.15, 0.2) is 0 Å². The zero-order valence-electron chi connectivity index (χ0n) is 23.6. The first-order valence-electron chi connectivity index (χ1n) is 15.4. The number of piperazine rings is 1. The van der Waals surface area contributed by atoms with Crippen LogP contribution in [0.1, 0.15) is 136 Å². The summed E-state index contributed by atoms with van der Waals surface area (Å²) in [5.74, 6) is 0.358. The molecule has 4 heteroatoms. The number of carbonyl (C=O) groups is 1. The monoisotopic (exact) mass is 479 g/mol. The molecule has 0 N–H and O–H groups in total. The Morgan fingerprint density at radius 3 is 1.29 bits per heavy atom. The van der Waals surface area contributed by atoms with E-state index < -0.39 is 0 Å². The second-order valence-electron chi connectivity index (χ2n) is 11.0. The van der Waals surface area contributed by atoms with Crippen LogP contribution in [-0.4, -0.2) is 73.5 Å². The van der Waals surface area contributed by atoms with E-state index in [-0.39, 0.29) is 0 Å². The molecule has 202 valence electrons. The molecule has 0 unspecified atom stereocenters. The van der Waals surface area contributed by atoms with Crippen LogP contribution in [0.25, 0.3) is 0 Å². The Bertz CT molecular complexity index is 448. The van der Waals surface area contributed by atoms with E-state index >= 15 is 0 Å². The third-order valence-corrected chi connectivity index (χ3v) is 7.62. The van der Waals surface area contributed by atoms with Crippen molar-refractivity contribution in [2.45, 2.75) is 136 Å². The highest BCUT2D eigenvalue weighted by molar-refractivity contribution is 5.78. The number of nitrogens with zero attached hydrogens (tertiary/aromatic N) is 3. The van der Waals surface area contributed by atoms with Gasteiger partial charge in [0.1, 0.15) is 0 Å². The molecule has 1 aliphatic rings. The number of carbonyl (C=O) groups excluding carboxylic acids is 1. The van der Waals surface area contributed by atoms with E-state index in [9.17, 15) is 4.79 Å². The normalized spacial score (nSPS) is 14.9. The summed E-state index contributed by atoms with van der Waals surface area (Å²) in [6.45, 7) is 11.3. The average molecular weight is 480 g/mol. The van der Waals surface area contributed by atoms with Gasteiger partial charge in [-0.2, -0.15) is 0 Å². The van der Waals surface area contributed by atoms with Crippen LogP contribution in [0.3, 0.4) is 0 Å². The van der Waals surface area contributed by atoms with Crippen molar-refractivity contribution in [3.63, 3.8) is 0 Å². The second kappa shape index (κ2) is 22.8. The van der Waals surface area contributed by atoms with E-state index in [2.05, 4.69) is 35.6 Å². The van der Waals surface area contributed by atoms with E-state index in [1.165, 1.54) is 122 Å². The lowest BCUT2D eigenvalue weighted by Crippen LogP contribution is -2.50. The maximum Gasteiger partial charge on any atom is 0.236 e. The Kier molecular flexibility index (Phi) is 21.1. The average Bonchev–Trinajstić information content (AvgIpc) is 2.84. The van der Waals surface area contributed by atoms with E-state index in [4.69, 9.17) is 0 Å². The van der Waals surface area contributed by atoms with E-state index in [0.717, 1.165) is 39.3 Å². The third kappa shape index (κ3) is 17.8. The van der Waals surface area contributed by atoms with Gasteiger partial charge in [0.05, 0.1) is 6.54 Å². The van der Waals surface area contributed by atoms with Crippen molar-refractivity contribution in [1.82, 2.24) is 14.7 Å². The highest BCUT2D eigenvalue weighted by Crippen LogP contribution is 2.13. The van der Waals surface area contributed by atoms with Crippen LogP contribution in [0, 0.1) is 0 Å². The Hall–Kier alpha value is -0.610. The van der Waals surface area contributed by atoms with Gasteiger partial charge in [0, 0.05) is 26.2 Å². The highest BCUT2D eigenvalue weighted by Gasteiger charge is 2.20. The molecule has 1 aliphatic heterocycles. The summed E-state index contributed by atoms with van der Waals surface area (Å²) < 4.78 is 0. The molecule has 0 aliphatic carbocycles. The van der Waals surface area contributed by atoms with Crippen LogP contribution in [-0.2, 0) is 4.79 Å². The summed E-state index contributed by atoms with van der Waals surface area (Å²) in [6.07, 6.45) is 26.1. The molecule has 0 aromatic carbocycles. The minimum absolute atomic E-state index is 0.358. The molecule has 0 bridgehead atoms. The molecule has 0 saturated carbocycles. The predicted molar refractivity (Wildman–Crippen MR) is 150 cm³/mol. The van der Waals surface area contributed by atoms with Gasteiger partial charge in [0.2, 0.25) is 5.91 Å². The van der Waals surface area contributed by atoms with Crippen molar-refractivity contribution in [2.24, 2.45) is 0 Å². The molecule has 0 aromatic rings. The topological polar surface area (TPSA) is 26.8 Å². The zero-order chi connectivity index (χ0) is 24.7. The fourth-order valence-corrected chi connectivity index (χ4v) is 5.09. The van der Waals surface area contributed by atoms with Crippen molar-refractivity contribution in [2.75, 3.05) is 52.9 Å². The lowest BCUT2D eigenvalue weighted by atomic mass is 10.1. The standard InChI is InChI=1S/C30H61N3O/c1-4-6-8-10-12-14-16-18-20-22-24-32(23-21-19-17-15-13-11-9-7-5-2)29-30(34)33-27-25-31(3)26-28-33/h4-29H2,1-3H3. The summed E-state index contributed by atoms with van der Waals surface area (Å²) in [5.41, 5.74) is 0. The Morgan fingerprint density at radius 2 is 0.912 bits per heavy atom. The number of rotatable bonds is 23. The summed E-state index contributed by atoms with van der Waals surface area (Å²) >= 11 is 0. The summed E-state index contributed by atoms with van der Waals surface area (Å²) in [5, 5.41) is 0. The van der Waals surface area contributed by atoms with Gasteiger partial charge in [0.25, 0.3) is 0 Å². The fourth-order valence-electron chi connectivity index (χ4n) is 5.09. The quantitative estimate of drug-likeness (QED) is 0.142. The molecule has 1 rings (SSSR count). The summed E-state index contributed by atoms with van der Waals surface area (Å²) in [7, 11) is 2.16. The van der Waals surface area contributed by atoms with Crippen LogP contribution < -0.4 is 0 Å². The molecule has 4 nitrogen and oxygen atoms in total. The van der Waals surface area contributed by atoms with Gasteiger partial charge in [0.15, 0.2) is 0 Å². The van der Waals surface area contributed by atoms with Gasteiger partial charge < -0.3 is 9.80 Å². The number of likely N-dealkylation sites (N-methyl/N-ethyl adjacent to an activating group) is 1. The van der Waals surface area contributed by atoms with Gasteiger partial charge in [-0.05, 0) is 33.0 Å². The lowest BCUT2D eigenvalue weighted by Gasteiger charge is -2.34. The van der Waals surface area contributed by atoms with E-state index in [1.807, 2.05) is 0 Å². The minimum atomic E-state index is 0.358. The van der Waals surface area contributed by atoms with Crippen molar-refractivity contribution >= 4 is 5.91 Å². The zero-order valence-corrected chi connectivity index (χ0v) is 23.6. The molecule has 1 fully saturated rings. The molecular formula is C30H61N3O. The van der Waals surface area contributed by atoms with Gasteiger partial charge in [-0.1, -0.05) is 123 Å². The molecule has 1 heterocycles. The van der Waals surface area contributed by atoms with Crippen LogP contribution in [0.5, 0.6) is 0 Å². The molecule has 1 saturated heterocycles. The predicted octanol–water partition coefficient (Wildman–Crippen LogP) is 7.51. The van der Waals surface area contributed by atoms with Crippen LogP contribution in [0.4, 0.5) is 0 Å². The van der Waals surface area contributed by atoms with Crippen molar-refractivity contribution < 1.29 is 4.79 Å². The van der Waals surface area contributed by atoms with Crippen molar-refractivity contribution in [1.29, 1.82) is 0 Å². The Morgan fingerprint density at radius 1 is 0.559 bits per heavy atom. The maximum atomic E-state index is 12.9. The Labute approximate surface area is 214 Å². The van der Waals surface area contributed by atoms with Gasteiger partial charge in [-0.3, -0.25) is 9.69 Å². The van der Waals surface area contributed by atoms with Crippen molar-refractivity contribution in [3.05, 3.63) is 0 Å². The van der Waals surface area contributed by atoms with Crippen LogP contribution >= 0.6 is 0 Å². The highest BCUT2D eigenvalue weighted by atomic mass is 16.2. The van der Waals surface area contributed by atoms with Gasteiger partial charge in [-0.15, -0.1) is 0 Å². The molecule has 0 radical (unpaired) electrons. The van der Waals surface area contributed by atoms with E-state index in [1.54, 1.807) is 0 Å². The minimum Gasteiger partial charge on any atom is -0.339 e. The molecule has 34 heavy (non-hydrogen) atoms. The molecule has 1 amide bonds. The number of amides is 1. The first-order valence-corrected chi connectivity index (χ1v) is 15.4. The van der Waals surface area contributed by atoms with E-state index in [0.29, 0.717) is 12.5 Å². The van der Waals surface area contributed by atoms with Crippen LogP contribution in [0.2, 0.25) is 0 Å². The smallest absolute Gasteiger partial charge is 0.236 e. The van der Waals surface area contributed by atoms with Gasteiger partial charge in [-0.25, -0.2) is 0 Å². The first kappa shape index (κ1) is 31.4. The Balaban J connectivity index is 2.22. The molecule has 0 aromatic heterocycles. The molecule has 0 atom stereocenters. The third-order valence-electron chi connectivity index (χ3n) is 7.62. The first-order chi connectivity index (χ1) is 16.7. The van der Waals surface area contributed by atoms with Gasteiger partial charge >= 0.3 is 0 Å². The largest absolute Gasteiger partial charge is 0.339 e. The number of hydrogen-bond donors (Lipinski definition) is 0. The summed E-state index contributed by atoms with van der Waals surface area (Å²) in [4.78, 5) is 19.8. The SMILES string of the molecule is CCCCCCCCCCCCN(CCCCCCCCCCC)CC(=O)N1CCN(C)CC1. The van der Waals surface area contributed by atoms with Crippen molar-refractivity contribution in [3.8, 4) is 0 Å².